The highest BCUT2D eigenvalue weighted by Gasteiger charge is 2.25. The van der Waals surface area contributed by atoms with Crippen LogP contribution in [0.2, 0.25) is 0 Å². The molecule has 0 aliphatic heterocycles. The topological polar surface area (TPSA) is 26.0 Å². The second kappa shape index (κ2) is 5.58. The Morgan fingerprint density at radius 3 is 2.21 bits per heavy atom. The first kappa shape index (κ1) is 13.8. The van der Waals surface area contributed by atoms with E-state index in [1.165, 1.54) is 22.3 Å². The maximum Gasteiger partial charge on any atom is 0.00876 e. The van der Waals surface area contributed by atoms with Gasteiger partial charge in [0.25, 0.3) is 0 Å². The average molecular weight is 253 g/mol. The van der Waals surface area contributed by atoms with Gasteiger partial charge in [-0.3, -0.25) is 0 Å². The number of aryl methyl sites for hydroxylation is 2. The Labute approximate surface area is 116 Å². The van der Waals surface area contributed by atoms with Crippen LogP contribution in [0.15, 0.2) is 48.5 Å². The van der Waals surface area contributed by atoms with Crippen molar-refractivity contribution in [3.63, 3.8) is 0 Å². The number of benzene rings is 2. The van der Waals surface area contributed by atoms with Gasteiger partial charge in [-0.1, -0.05) is 66.6 Å². The summed E-state index contributed by atoms with van der Waals surface area (Å²) in [6.45, 7) is 7.16. The smallest absolute Gasteiger partial charge is 0.00876 e. The summed E-state index contributed by atoms with van der Waals surface area (Å²) in [6, 6.07) is 17.4. The molecule has 2 N–H and O–H groups in total. The SMILES string of the molecule is Cc1ccc(C(C)(CN)Cc2cccc(C)c2)cc1. The molecule has 2 aromatic rings. The molecule has 0 saturated heterocycles. The Bertz CT molecular complexity index is 542. The zero-order chi connectivity index (χ0) is 13.9. The van der Waals surface area contributed by atoms with Crippen LogP contribution in [0.25, 0.3) is 0 Å². The third kappa shape index (κ3) is 3.24. The highest BCUT2D eigenvalue weighted by atomic mass is 14.6. The van der Waals surface area contributed by atoms with E-state index in [4.69, 9.17) is 5.73 Å². The van der Waals surface area contributed by atoms with Crippen LogP contribution in [0.3, 0.4) is 0 Å². The van der Waals surface area contributed by atoms with Gasteiger partial charge in [-0.25, -0.2) is 0 Å². The fourth-order valence-electron chi connectivity index (χ4n) is 2.52. The van der Waals surface area contributed by atoms with Gasteiger partial charge >= 0.3 is 0 Å². The van der Waals surface area contributed by atoms with E-state index in [0.29, 0.717) is 6.54 Å². The van der Waals surface area contributed by atoms with Crippen LogP contribution in [-0.4, -0.2) is 6.54 Å². The summed E-state index contributed by atoms with van der Waals surface area (Å²) in [7, 11) is 0. The van der Waals surface area contributed by atoms with Gasteiger partial charge in [0.2, 0.25) is 0 Å². The van der Waals surface area contributed by atoms with Gasteiger partial charge in [-0.15, -0.1) is 0 Å². The van der Waals surface area contributed by atoms with Gasteiger partial charge in [0.15, 0.2) is 0 Å². The van der Waals surface area contributed by atoms with Crippen LogP contribution >= 0.6 is 0 Å². The van der Waals surface area contributed by atoms with E-state index in [0.717, 1.165) is 6.42 Å². The molecule has 0 bridgehead atoms. The molecule has 2 rings (SSSR count). The lowest BCUT2D eigenvalue weighted by Crippen LogP contribution is -2.34. The molecule has 2 aromatic carbocycles. The lowest BCUT2D eigenvalue weighted by molar-refractivity contribution is 0.481. The lowest BCUT2D eigenvalue weighted by atomic mass is 9.77. The van der Waals surface area contributed by atoms with E-state index < -0.39 is 0 Å². The lowest BCUT2D eigenvalue weighted by Gasteiger charge is -2.29. The van der Waals surface area contributed by atoms with Crippen LogP contribution in [-0.2, 0) is 11.8 Å². The zero-order valence-electron chi connectivity index (χ0n) is 12.1. The molecular formula is C18H23N. The van der Waals surface area contributed by atoms with Crippen LogP contribution in [0.4, 0.5) is 0 Å². The molecule has 0 amide bonds. The molecular weight excluding hydrogens is 230 g/mol. The summed E-state index contributed by atoms with van der Waals surface area (Å²) in [6.07, 6.45) is 0.980. The van der Waals surface area contributed by atoms with Crippen molar-refractivity contribution in [1.29, 1.82) is 0 Å². The molecule has 0 heterocycles. The second-order valence-corrected chi connectivity index (χ2v) is 5.80. The van der Waals surface area contributed by atoms with Crippen LogP contribution in [0.1, 0.15) is 29.2 Å². The normalized spacial score (nSPS) is 14.1. The molecule has 0 fully saturated rings. The van der Waals surface area contributed by atoms with Crippen LogP contribution in [0.5, 0.6) is 0 Å². The number of hydrogen-bond donors (Lipinski definition) is 1. The molecule has 0 aromatic heterocycles. The van der Waals surface area contributed by atoms with E-state index >= 15 is 0 Å². The Hall–Kier alpha value is -1.60. The predicted octanol–water partition coefficient (Wildman–Crippen LogP) is 3.76. The van der Waals surface area contributed by atoms with Gasteiger partial charge in [-0.2, -0.15) is 0 Å². The van der Waals surface area contributed by atoms with Crippen molar-refractivity contribution in [2.24, 2.45) is 5.73 Å². The molecule has 0 aliphatic rings. The van der Waals surface area contributed by atoms with Crippen molar-refractivity contribution in [3.8, 4) is 0 Å². The zero-order valence-corrected chi connectivity index (χ0v) is 12.1. The largest absolute Gasteiger partial charge is 0.330 e. The van der Waals surface area contributed by atoms with Crippen molar-refractivity contribution in [2.75, 3.05) is 6.54 Å². The average Bonchev–Trinajstić information content (AvgIpc) is 2.39. The summed E-state index contributed by atoms with van der Waals surface area (Å²) >= 11 is 0. The monoisotopic (exact) mass is 253 g/mol. The fourth-order valence-corrected chi connectivity index (χ4v) is 2.52. The quantitative estimate of drug-likeness (QED) is 0.882. The van der Waals surface area contributed by atoms with Gasteiger partial charge in [0.05, 0.1) is 0 Å². The molecule has 19 heavy (non-hydrogen) atoms. The summed E-state index contributed by atoms with van der Waals surface area (Å²) < 4.78 is 0. The summed E-state index contributed by atoms with van der Waals surface area (Å²) in [5.74, 6) is 0. The van der Waals surface area contributed by atoms with E-state index in [9.17, 15) is 0 Å². The maximum atomic E-state index is 6.06. The minimum Gasteiger partial charge on any atom is -0.330 e. The third-order valence-corrected chi connectivity index (χ3v) is 3.88. The number of hydrogen-bond acceptors (Lipinski definition) is 1. The van der Waals surface area contributed by atoms with Crippen LogP contribution < -0.4 is 5.73 Å². The van der Waals surface area contributed by atoms with E-state index in [2.05, 4.69) is 69.3 Å². The molecule has 1 unspecified atom stereocenters. The minimum absolute atomic E-state index is 0.00148. The number of rotatable bonds is 4. The molecule has 1 heteroatoms. The van der Waals surface area contributed by atoms with Crippen molar-refractivity contribution >= 4 is 0 Å². The second-order valence-electron chi connectivity index (χ2n) is 5.80. The Morgan fingerprint density at radius 1 is 0.947 bits per heavy atom. The molecule has 100 valence electrons. The van der Waals surface area contributed by atoms with Crippen molar-refractivity contribution < 1.29 is 0 Å². The van der Waals surface area contributed by atoms with Crippen molar-refractivity contribution in [2.45, 2.75) is 32.6 Å². The van der Waals surface area contributed by atoms with Crippen molar-refractivity contribution in [1.82, 2.24) is 0 Å². The molecule has 0 aliphatic carbocycles. The van der Waals surface area contributed by atoms with Gasteiger partial charge in [-0.05, 0) is 31.4 Å². The predicted molar refractivity (Wildman–Crippen MR) is 82.5 cm³/mol. The minimum atomic E-state index is 0.00148. The molecule has 0 spiro atoms. The first-order valence-electron chi connectivity index (χ1n) is 6.86. The molecule has 0 radical (unpaired) electrons. The van der Waals surface area contributed by atoms with E-state index in [-0.39, 0.29) is 5.41 Å². The first-order valence-corrected chi connectivity index (χ1v) is 6.86. The highest BCUT2D eigenvalue weighted by Crippen LogP contribution is 2.27. The van der Waals surface area contributed by atoms with Gasteiger partial charge in [0, 0.05) is 12.0 Å². The van der Waals surface area contributed by atoms with E-state index in [1.54, 1.807) is 0 Å². The molecule has 1 atom stereocenters. The maximum absolute atomic E-state index is 6.06. The standard InChI is InChI=1S/C18H23N/c1-14-7-9-17(10-8-14)18(3,13-19)12-16-6-4-5-15(2)11-16/h4-11H,12-13,19H2,1-3H3. The van der Waals surface area contributed by atoms with Crippen molar-refractivity contribution in [3.05, 3.63) is 70.8 Å². The Kier molecular flexibility index (Phi) is 4.06. The number of nitrogens with two attached hydrogens (primary N) is 1. The fraction of sp³-hybridized carbons (Fsp3) is 0.333. The first-order chi connectivity index (χ1) is 9.03. The summed E-state index contributed by atoms with van der Waals surface area (Å²) in [4.78, 5) is 0. The van der Waals surface area contributed by atoms with Gasteiger partial charge < -0.3 is 5.73 Å². The Balaban J connectivity index is 2.29. The summed E-state index contributed by atoms with van der Waals surface area (Å²) in [5.41, 5.74) is 11.3. The molecule has 0 saturated carbocycles. The third-order valence-electron chi connectivity index (χ3n) is 3.88. The summed E-state index contributed by atoms with van der Waals surface area (Å²) in [5, 5.41) is 0. The molecule has 1 nitrogen and oxygen atoms in total. The van der Waals surface area contributed by atoms with Crippen LogP contribution in [0, 0.1) is 13.8 Å². The van der Waals surface area contributed by atoms with Gasteiger partial charge in [0.1, 0.15) is 0 Å². The Morgan fingerprint density at radius 2 is 1.63 bits per heavy atom. The highest BCUT2D eigenvalue weighted by molar-refractivity contribution is 5.32. The van der Waals surface area contributed by atoms with E-state index in [1.807, 2.05) is 0 Å².